The first kappa shape index (κ1) is 17.5. The summed E-state index contributed by atoms with van der Waals surface area (Å²) in [6, 6.07) is 10.1. The van der Waals surface area contributed by atoms with Crippen LogP contribution in [0.15, 0.2) is 36.4 Å². The van der Waals surface area contributed by atoms with E-state index in [1.54, 1.807) is 6.08 Å². The van der Waals surface area contributed by atoms with Gasteiger partial charge in [-0.25, -0.2) is 0 Å². The zero-order chi connectivity index (χ0) is 18.3. The lowest BCUT2D eigenvalue weighted by molar-refractivity contribution is -0.128. The van der Waals surface area contributed by atoms with Crippen LogP contribution < -0.4 is 0 Å². The Morgan fingerprint density at radius 2 is 1.52 bits per heavy atom. The van der Waals surface area contributed by atoms with Gasteiger partial charge in [0.2, 0.25) is 5.91 Å². The molecule has 0 unspecified atom stereocenters. The predicted molar refractivity (Wildman–Crippen MR) is 109 cm³/mol. The molecule has 0 radical (unpaired) electrons. The summed E-state index contributed by atoms with van der Waals surface area (Å²) in [5.41, 5.74) is 1.71. The van der Waals surface area contributed by atoms with Gasteiger partial charge >= 0.3 is 0 Å². The lowest BCUT2D eigenvalue weighted by Gasteiger charge is -2.58. The molecule has 3 nitrogen and oxygen atoms in total. The molecule has 0 aromatic heterocycles. The average Bonchev–Trinajstić information content (AvgIpc) is 2.66. The Bertz CT molecular complexity index is 667. The van der Waals surface area contributed by atoms with E-state index in [-0.39, 0.29) is 5.91 Å². The number of hydrogen-bond acceptors (Lipinski definition) is 2. The molecule has 4 aliphatic carbocycles. The van der Waals surface area contributed by atoms with Gasteiger partial charge in [-0.3, -0.25) is 9.69 Å². The van der Waals surface area contributed by atoms with Crippen LogP contribution in [0, 0.1) is 23.2 Å². The predicted octanol–water partition coefficient (Wildman–Crippen LogP) is 4.06. The highest BCUT2D eigenvalue weighted by Crippen LogP contribution is 2.60. The maximum Gasteiger partial charge on any atom is 0.246 e. The second-order valence-corrected chi connectivity index (χ2v) is 9.76. The van der Waals surface area contributed by atoms with E-state index in [2.05, 4.69) is 4.90 Å². The van der Waals surface area contributed by atoms with E-state index >= 15 is 0 Å². The van der Waals surface area contributed by atoms with Crippen LogP contribution in [0.5, 0.6) is 0 Å². The smallest absolute Gasteiger partial charge is 0.246 e. The normalized spacial score (nSPS) is 35.9. The van der Waals surface area contributed by atoms with Crippen LogP contribution in [0.2, 0.25) is 0 Å². The quantitative estimate of drug-likeness (QED) is 0.752. The van der Waals surface area contributed by atoms with Gasteiger partial charge in [0.1, 0.15) is 0 Å². The van der Waals surface area contributed by atoms with Gasteiger partial charge in [0, 0.05) is 38.8 Å². The molecule has 0 spiro atoms. The number of rotatable bonds is 4. The second kappa shape index (κ2) is 7.09. The van der Waals surface area contributed by atoms with E-state index in [9.17, 15) is 4.79 Å². The topological polar surface area (TPSA) is 23.6 Å². The molecule has 1 amide bonds. The van der Waals surface area contributed by atoms with E-state index < -0.39 is 0 Å². The van der Waals surface area contributed by atoms with Crippen LogP contribution >= 0.6 is 0 Å². The average molecular weight is 365 g/mol. The van der Waals surface area contributed by atoms with Gasteiger partial charge in [-0.05, 0) is 73.3 Å². The number of benzene rings is 1. The Morgan fingerprint density at radius 1 is 0.926 bits per heavy atom. The summed E-state index contributed by atoms with van der Waals surface area (Å²) in [6.45, 7) is 5.15. The first-order valence-corrected chi connectivity index (χ1v) is 10.9. The maximum absolute atomic E-state index is 12.5. The Balaban J connectivity index is 1.14. The van der Waals surface area contributed by atoms with Gasteiger partial charge in [0.05, 0.1) is 0 Å². The minimum atomic E-state index is 0.160. The molecule has 3 heteroatoms. The summed E-state index contributed by atoms with van der Waals surface area (Å²) in [5.74, 6) is 3.25. The molecule has 1 saturated heterocycles. The van der Waals surface area contributed by atoms with Crippen molar-refractivity contribution in [1.82, 2.24) is 9.80 Å². The molecular weight excluding hydrogens is 332 g/mol. The number of carbonyl (C=O) groups is 1. The zero-order valence-electron chi connectivity index (χ0n) is 16.4. The maximum atomic E-state index is 12.5. The first-order chi connectivity index (χ1) is 13.2. The van der Waals surface area contributed by atoms with E-state index in [4.69, 9.17) is 0 Å². The van der Waals surface area contributed by atoms with Crippen molar-refractivity contribution in [3.05, 3.63) is 42.0 Å². The third-order valence-corrected chi connectivity index (χ3v) is 7.63. The van der Waals surface area contributed by atoms with Crippen LogP contribution in [0.4, 0.5) is 0 Å². The first-order valence-electron chi connectivity index (χ1n) is 10.9. The zero-order valence-corrected chi connectivity index (χ0v) is 16.4. The van der Waals surface area contributed by atoms with Crippen molar-refractivity contribution in [1.29, 1.82) is 0 Å². The number of amides is 1. The van der Waals surface area contributed by atoms with Crippen molar-refractivity contribution in [2.24, 2.45) is 23.2 Å². The standard InChI is InChI=1S/C24H32N2O/c27-23(7-6-19-4-2-1-3-5-19)26-10-8-25(9-11-26)18-24-15-20-12-21(16-24)14-22(13-20)17-24/h1-7,20-22H,8-18H2/b7-6+. The third kappa shape index (κ3) is 3.71. The van der Waals surface area contributed by atoms with Gasteiger partial charge in [-0.1, -0.05) is 30.3 Å². The van der Waals surface area contributed by atoms with E-state index in [0.29, 0.717) is 5.41 Å². The van der Waals surface area contributed by atoms with Crippen molar-refractivity contribution < 1.29 is 4.79 Å². The van der Waals surface area contributed by atoms with Gasteiger partial charge in [-0.2, -0.15) is 0 Å². The Hall–Kier alpha value is -1.61. The summed E-state index contributed by atoms with van der Waals surface area (Å²) in [6.07, 6.45) is 12.7. The van der Waals surface area contributed by atoms with Crippen molar-refractivity contribution >= 4 is 12.0 Å². The molecule has 0 N–H and O–H groups in total. The fourth-order valence-corrected chi connectivity index (χ4v) is 6.92. The molecule has 4 saturated carbocycles. The summed E-state index contributed by atoms with van der Waals surface area (Å²) < 4.78 is 0. The summed E-state index contributed by atoms with van der Waals surface area (Å²) in [5, 5.41) is 0. The number of carbonyl (C=O) groups excluding carboxylic acids is 1. The molecule has 1 heterocycles. The minimum Gasteiger partial charge on any atom is -0.337 e. The lowest BCUT2D eigenvalue weighted by Crippen LogP contribution is -2.55. The highest BCUT2D eigenvalue weighted by molar-refractivity contribution is 5.91. The molecule has 5 aliphatic rings. The van der Waals surface area contributed by atoms with Crippen LogP contribution in [0.1, 0.15) is 44.1 Å². The van der Waals surface area contributed by atoms with Crippen molar-refractivity contribution in [3.8, 4) is 0 Å². The highest BCUT2D eigenvalue weighted by atomic mass is 16.2. The monoisotopic (exact) mass is 364 g/mol. The van der Waals surface area contributed by atoms with Crippen molar-refractivity contribution in [2.45, 2.75) is 38.5 Å². The lowest BCUT2D eigenvalue weighted by atomic mass is 9.49. The third-order valence-electron chi connectivity index (χ3n) is 7.63. The molecule has 0 atom stereocenters. The fourth-order valence-electron chi connectivity index (χ4n) is 6.92. The van der Waals surface area contributed by atoms with Gasteiger partial charge < -0.3 is 4.90 Å². The van der Waals surface area contributed by atoms with Crippen molar-refractivity contribution in [3.63, 3.8) is 0 Å². The Morgan fingerprint density at radius 3 is 2.11 bits per heavy atom. The fraction of sp³-hybridized carbons (Fsp3) is 0.625. The van der Waals surface area contributed by atoms with Gasteiger partial charge in [0.25, 0.3) is 0 Å². The molecule has 1 aromatic rings. The minimum absolute atomic E-state index is 0.160. The van der Waals surface area contributed by atoms with Crippen LogP contribution in [0.3, 0.4) is 0 Å². The molecule has 27 heavy (non-hydrogen) atoms. The van der Waals surface area contributed by atoms with Crippen LogP contribution in [-0.4, -0.2) is 48.4 Å². The molecule has 5 fully saturated rings. The van der Waals surface area contributed by atoms with E-state index in [1.807, 2.05) is 41.3 Å². The number of piperazine rings is 1. The molecule has 1 aliphatic heterocycles. The molecule has 1 aromatic carbocycles. The van der Waals surface area contributed by atoms with Crippen LogP contribution in [0.25, 0.3) is 6.08 Å². The Labute approximate surface area is 163 Å². The van der Waals surface area contributed by atoms with Gasteiger partial charge in [-0.15, -0.1) is 0 Å². The SMILES string of the molecule is O=C(/C=C/c1ccccc1)N1CCN(CC23CC4CC(CC(C4)C2)C3)CC1. The Kier molecular flexibility index (Phi) is 4.59. The van der Waals surface area contributed by atoms with Crippen molar-refractivity contribution in [2.75, 3.05) is 32.7 Å². The summed E-state index contributed by atoms with van der Waals surface area (Å²) in [7, 11) is 0. The second-order valence-electron chi connectivity index (χ2n) is 9.76. The highest BCUT2D eigenvalue weighted by Gasteiger charge is 2.51. The number of nitrogens with zero attached hydrogens (tertiary/aromatic N) is 2. The van der Waals surface area contributed by atoms with Crippen LogP contribution in [-0.2, 0) is 4.79 Å². The van der Waals surface area contributed by atoms with E-state index in [1.165, 1.54) is 45.1 Å². The number of hydrogen-bond donors (Lipinski definition) is 0. The molecule has 6 rings (SSSR count). The summed E-state index contributed by atoms with van der Waals surface area (Å²) in [4.78, 5) is 17.2. The van der Waals surface area contributed by atoms with E-state index in [0.717, 1.165) is 49.5 Å². The largest absolute Gasteiger partial charge is 0.337 e. The van der Waals surface area contributed by atoms with Gasteiger partial charge in [0.15, 0.2) is 0 Å². The molecular formula is C24H32N2O. The molecule has 144 valence electrons. The summed E-state index contributed by atoms with van der Waals surface area (Å²) >= 11 is 0. The molecule has 4 bridgehead atoms.